The number of aromatic nitrogens is 3. The topological polar surface area (TPSA) is 105 Å². The van der Waals surface area contributed by atoms with Gasteiger partial charge in [-0.1, -0.05) is 29.3 Å². The van der Waals surface area contributed by atoms with Crippen molar-refractivity contribution in [3.8, 4) is 0 Å². The normalized spacial score (nSPS) is 11.6. The van der Waals surface area contributed by atoms with Crippen LogP contribution in [0.1, 0.15) is 5.56 Å². The Kier molecular flexibility index (Phi) is 4.13. The minimum atomic E-state index is -3.91. The number of halogens is 1. The summed E-state index contributed by atoms with van der Waals surface area (Å²) < 4.78 is 26.6. The molecule has 3 aromatic rings. The van der Waals surface area contributed by atoms with Crippen LogP contribution >= 0.6 is 11.6 Å². The van der Waals surface area contributed by atoms with E-state index in [1.54, 1.807) is 12.1 Å². The van der Waals surface area contributed by atoms with Crippen molar-refractivity contribution in [2.75, 3.05) is 11.9 Å². The van der Waals surface area contributed by atoms with E-state index in [-0.39, 0.29) is 26.9 Å². The summed E-state index contributed by atoms with van der Waals surface area (Å²) in [5.74, 6) is 0.0346. The maximum Gasteiger partial charge on any atom is 0.412 e. The first-order valence-corrected chi connectivity index (χ1v) is 8.86. The molecule has 0 aliphatic carbocycles. The fraction of sp³-hybridized carbons (Fsp3) is 0.133. The van der Waals surface area contributed by atoms with E-state index in [0.29, 0.717) is 0 Å². The number of fused-ring (bicyclic) bond motifs is 1. The summed E-state index contributed by atoms with van der Waals surface area (Å²) in [6, 6.07) is 6.35. The molecule has 1 amide bonds. The summed E-state index contributed by atoms with van der Waals surface area (Å²) in [6.07, 6.45) is 1.15. The lowest BCUT2D eigenvalue weighted by Gasteiger charge is -2.11. The Bertz CT molecular complexity index is 1080. The molecular weight excluding hydrogens is 368 g/mol. The van der Waals surface area contributed by atoms with Crippen LogP contribution in [0.15, 0.2) is 41.6 Å². The zero-order valence-electron chi connectivity index (χ0n) is 13.2. The van der Waals surface area contributed by atoms with Crippen molar-refractivity contribution in [2.45, 2.75) is 11.8 Å². The van der Waals surface area contributed by atoms with Gasteiger partial charge in [0.25, 0.3) is 10.0 Å². The van der Waals surface area contributed by atoms with Gasteiger partial charge in [0, 0.05) is 13.2 Å². The molecule has 8 nitrogen and oxygen atoms in total. The van der Waals surface area contributed by atoms with Gasteiger partial charge in [-0.2, -0.15) is 0 Å². The van der Waals surface area contributed by atoms with E-state index in [2.05, 4.69) is 9.97 Å². The van der Waals surface area contributed by atoms with Gasteiger partial charge < -0.3 is 5.11 Å². The first-order valence-electron chi connectivity index (χ1n) is 7.04. The lowest BCUT2D eigenvalue weighted by atomic mass is 10.2. The third kappa shape index (κ3) is 2.92. The van der Waals surface area contributed by atoms with Gasteiger partial charge in [0.15, 0.2) is 11.5 Å². The van der Waals surface area contributed by atoms with Gasteiger partial charge in [0.05, 0.1) is 16.1 Å². The molecule has 10 heteroatoms. The average Bonchev–Trinajstić information content (AvgIpc) is 2.91. The number of carboxylic acid groups (broad SMARTS) is 1. The van der Waals surface area contributed by atoms with Gasteiger partial charge in [-0.25, -0.2) is 27.2 Å². The molecule has 3 rings (SSSR count). The second kappa shape index (κ2) is 6.01. The van der Waals surface area contributed by atoms with Crippen LogP contribution in [0.2, 0.25) is 5.02 Å². The minimum Gasteiger partial charge on any atom is -0.465 e. The summed E-state index contributed by atoms with van der Waals surface area (Å²) in [7, 11) is -2.61. The second-order valence-corrected chi connectivity index (χ2v) is 7.56. The third-order valence-electron chi connectivity index (χ3n) is 3.61. The molecule has 0 saturated heterocycles. The molecule has 0 aliphatic rings. The van der Waals surface area contributed by atoms with Crippen molar-refractivity contribution in [2.24, 2.45) is 0 Å². The highest BCUT2D eigenvalue weighted by Gasteiger charge is 2.23. The fourth-order valence-corrected chi connectivity index (χ4v) is 3.78. The fourth-order valence-electron chi connectivity index (χ4n) is 2.19. The van der Waals surface area contributed by atoms with E-state index < -0.39 is 16.1 Å². The molecule has 0 fully saturated rings. The van der Waals surface area contributed by atoms with Crippen molar-refractivity contribution in [3.63, 3.8) is 0 Å². The number of anilines is 1. The summed E-state index contributed by atoms with van der Waals surface area (Å²) in [6.45, 7) is 1.85. The quantitative estimate of drug-likeness (QED) is 0.748. The van der Waals surface area contributed by atoms with E-state index >= 15 is 0 Å². The summed E-state index contributed by atoms with van der Waals surface area (Å²) in [5.41, 5.74) is 1.05. The van der Waals surface area contributed by atoms with Gasteiger partial charge in [0.1, 0.15) is 5.52 Å². The van der Waals surface area contributed by atoms with Gasteiger partial charge >= 0.3 is 6.09 Å². The van der Waals surface area contributed by atoms with Crippen LogP contribution in [0.5, 0.6) is 0 Å². The highest BCUT2D eigenvalue weighted by molar-refractivity contribution is 7.90. The van der Waals surface area contributed by atoms with Crippen LogP contribution in [0, 0.1) is 6.92 Å². The summed E-state index contributed by atoms with van der Waals surface area (Å²) in [4.78, 5) is 20.1. The van der Waals surface area contributed by atoms with E-state index in [4.69, 9.17) is 16.7 Å². The van der Waals surface area contributed by atoms with Crippen LogP contribution < -0.4 is 4.90 Å². The molecule has 0 atom stereocenters. The predicted octanol–water partition coefficient (Wildman–Crippen LogP) is 2.74. The molecule has 1 aromatic carbocycles. The van der Waals surface area contributed by atoms with Crippen LogP contribution in [0.4, 0.5) is 10.6 Å². The standard InChI is InChI=1S/C15H13ClN4O4S/c1-9-3-5-10(6-4-9)25(23,24)20-8-11(16)13-14(20)17-7-12(18-13)19(2)15(21)22/h3-8H,1-2H3,(H,21,22). The smallest absolute Gasteiger partial charge is 0.412 e. The molecule has 0 radical (unpaired) electrons. The van der Waals surface area contributed by atoms with Crippen LogP contribution in [-0.2, 0) is 10.0 Å². The van der Waals surface area contributed by atoms with Crippen LogP contribution in [-0.4, -0.2) is 40.6 Å². The molecule has 1 N–H and O–H groups in total. The Balaban J connectivity index is 2.18. The zero-order chi connectivity index (χ0) is 18.4. The van der Waals surface area contributed by atoms with Crippen molar-refractivity contribution >= 4 is 44.7 Å². The predicted molar refractivity (Wildman–Crippen MR) is 92.7 cm³/mol. The first-order chi connectivity index (χ1) is 11.7. The van der Waals surface area contributed by atoms with Gasteiger partial charge in [0.2, 0.25) is 0 Å². The number of hydrogen-bond acceptors (Lipinski definition) is 5. The highest BCUT2D eigenvalue weighted by atomic mass is 35.5. The molecule has 2 heterocycles. The number of aryl methyl sites for hydroxylation is 1. The van der Waals surface area contributed by atoms with Gasteiger partial charge in [-0.15, -0.1) is 0 Å². The van der Waals surface area contributed by atoms with Crippen molar-refractivity contribution in [1.82, 2.24) is 13.9 Å². The van der Waals surface area contributed by atoms with Gasteiger partial charge in [-0.3, -0.25) is 4.90 Å². The SMILES string of the molecule is Cc1ccc(S(=O)(=O)n2cc(Cl)c3nc(N(C)C(=O)O)cnc32)cc1. The maximum atomic E-state index is 12.8. The zero-order valence-corrected chi connectivity index (χ0v) is 14.8. The Morgan fingerprint density at radius 2 is 1.92 bits per heavy atom. The number of rotatable bonds is 3. The molecule has 25 heavy (non-hydrogen) atoms. The van der Waals surface area contributed by atoms with E-state index in [1.165, 1.54) is 31.6 Å². The molecule has 130 valence electrons. The average molecular weight is 381 g/mol. The minimum absolute atomic E-state index is 0.0214. The molecule has 0 bridgehead atoms. The Labute approximate surface area is 148 Å². The Morgan fingerprint density at radius 1 is 1.28 bits per heavy atom. The molecule has 0 unspecified atom stereocenters. The number of hydrogen-bond donors (Lipinski definition) is 1. The number of amides is 1. The third-order valence-corrected chi connectivity index (χ3v) is 5.56. The number of carbonyl (C=O) groups is 1. The van der Waals surface area contributed by atoms with Crippen molar-refractivity contribution in [3.05, 3.63) is 47.2 Å². The largest absolute Gasteiger partial charge is 0.465 e. The maximum absolute atomic E-state index is 12.8. The monoisotopic (exact) mass is 380 g/mol. The van der Waals surface area contributed by atoms with E-state index in [0.717, 1.165) is 14.4 Å². The Morgan fingerprint density at radius 3 is 2.52 bits per heavy atom. The van der Waals surface area contributed by atoms with E-state index in [9.17, 15) is 13.2 Å². The molecule has 0 aliphatic heterocycles. The molecule has 2 aromatic heterocycles. The summed E-state index contributed by atoms with van der Waals surface area (Å²) in [5, 5.41) is 9.06. The molecule has 0 spiro atoms. The van der Waals surface area contributed by atoms with Crippen LogP contribution in [0.3, 0.4) is 0 Å². The van der Waals surface area contributed by atoms with Gasteiger partial charge in [-0.05, 0) is 19.1 Å². The lowest BCUT2D eigenvalue weighted by molar-refractivity contribution is 0.203. The molecular formula is C15H13ClN4O4S. The highest BCUT2D eigenvalue weighted by Crippen LogP contribution is 2.28. The lowest BCUT2D eigenvalue weighted by Crippen LogP contribution is -2.25. The molecule has 0 saturated carbocycles. The van der Waals surface area contributed by atoms with Crippen LogP contribution in [0.25, 0.3) is 11.2 Å². The van der Waals surface area contributed by atoms with Crippen molar-refractivity contribution in [1.29, 1.82) is 0 Å². The van der Waals surface area contributed by atoms with Crippen molar-refractivity contribution < 1.29 is 18.3 Å². The number of nitrogens with zero attached hydrogens (tertiary/aromatic N) is 4. The Hall–Kier alpha value is -2.65. The van der Waals surface area contributed by atoms with E-state index in [1.807, 2.05) is 6.92 Å². The second-order valence-electron chi connectivity index (χ2n) is 5.33. The summed E-state index contributed by atoms with van der Waals surface area (Å²) >= 11 is 6.10. The first kappa shape index (κ1) is 17.2. The number of benzene rings is 1.